The first-order chi connectivity index (χ1) is 7.59. The van der Waals surface area contributed by atoms with Crippen LogP contribution in [0.2, 0.25) is 5.02 Å². The summed E-state index contributed by atoms with van der Waals surface area (Å²) in [4.78, 5) is 3.98. The number of rotatable bonds is 2. The molecule has 0 saturated carbocycles. The largest absolute Gasteiger partial charge is 0.382 e. The average molecular weight is 237 g/mol. The van der Waals surface area contributed by atoms with Crippen molar-refractivity contribution in [3.05, 3.63) is 52.6 Å². The second-order valence-corrected chi connectivity index (χ2v) is 4.25. The van der Waals surface area contributed by atoms with Gasteiger partial charge in [-0.3, -0.25) is 0 Å². The van der Waals surface area contributed by atoms with Crippen LogP contribution in [0.15, 0.2) is 30.7 Å². The fourth-order valence-electron chi connectivity index (χ4n) is 1.58. The van der Waals surface area contributed by atoms with E-state index in [9.17, 15) is 5.11 Å². The predicted octanol–water partition coefficient (Wildman–Crippen LogP) is 2.46. The zero-order chi connectivity index (χ0) is 11.7. The molecule has 84 valence electrons. The molecule has 2 aromatic rings. The molecule has 0 aliphatic carbocycles. The van der Waals surface area contributed by atoms with Crippen molar-refractivity contribution in [2.24, 2.45) is 7.05 Å². The van der Waals surface area contributed by atoms with Gasteiger partial charge in [-0.05, 0) is 24.1 Å². The normalized spacial score (nSPS) is 12.8. The van der Waals surface area contributed by atoms with E-state index in [0.29, 0.717) is 5.02 Å². The van der Waals surface area contributed by atoms with E-state index in [1.54, 1.807) is 23.2 Å². The smallest absolute Gasteiger partial charge is 0.121 e. The van der Waals surface area contributed by atoms with Crippen molar-refractivity contribution in [3.8, 4) is 0 Å². The molecule has 1 N–H and O–H groups in total. The molecule has 1 aromatic carbocycles. The molecule has 3 nitrogen and oxygen atoms in total. The minimum absolute atomic E-state index is 0.665. The van der Waals surface area contributed by atoms with Crippen molar-refractivity contribution in [1.82, 2.24) is 9.55 Å². The number of nitrogens with zero attached hydrogens (tertiary/aromatic N) is 2. The van der Waals surface area contributed by atoms with Gasteiger partial charge in [0.1, 0.15) is 6.10 Å². The molecule has 2 rings (SSSR count). The lowest BCUT2D eigenvalue weighted by atomic mass is 10.1. The summed E-state index contributed by atoms with van der Waals surface area (Å²) in [6.07, 6.45) is 2.62. The van der Waals surface area contributed by atoms with E-state index in [1.165, 1.54) is 0 Å². The highest BCUT2D eigenvalue weighted by Crippen LogP contribution is 2.25. The van der Waals surface area contributed by atoms with Crippen LogP contribution in [0.3, 0.4) is 0 Å². The Balaban J connectivity index is 2.38. The fourth-order valence-corrected chi connectivity index (χ4v) is 1.77. The van der Waals surface area contributed by atoms with E-state index < -0.39 is 6.10 Å². The highest BCUT2D eigenvalue weighted by Gasteiger charge is 2.14. The first-order valence-corrected chi connectivity index (χ1v) is 5.37. The Morgan fingerprint density at radius 3 is 2.75 bits per heavy atom. The summed E-state index contributed by atoms with van der Waals surface area (Å²) in [5.41, 5.74) is 2.53. The molecule has 1 atom stereocenters. The maximum atomic E-state index is 10.2. The third-order valence-corrected chi connectivity index (χ3v) is 3.05. The molecule has 0 saturated heterocycles. The van der Waals surface area contributed by atoms with E-state index in [2.05, 4.69) is 4.98 Å². The van der Waals surface area contributed by atoms with Crippen LogP contribution in [0.4, 0.5) is 0 Å². The SMILES string of the molecule is Cc1ccc(C(O)c2cncn2C)cc1Cl. The van der Waals surface area contributed by atoms with Crippen molar-refractivity contribution in [3.63, 3.8) is 0 Å². The standard InChI is InChI=1S/C12H13ClN2O/c1-8-3-4-9(5-10(8)13)12(16)11-6-14-7-15(11)2/h3-7,12,16H,1-2H3. The van der Waals surface area contributed by atoms with Crippen LogP contribution in [0.5, 0.6) is 0 Å². The van der Waals surface area contributed by atoms with Gasteiger partial charge < -0.3 is 9.67 Å². The maximum Gasteiger partial charge on any atom is 0.121 e. The summed E-state index contributed by atoms with van der Waals surface area (Å²) < 4.78 is 1.79. The van der Waals surface area contributed by atoms with E-state index in [0.717, 1.165) is 16.8 Å². The number of hydrogen-bond donors (Lipinski definition) is 1. The summed E-state index contributed by atoms with van der Waals surface area (Å²) in [6, 6.07) is 5.56. The Kier molecular flexibility index (Phi) is 2.99. The van der Waals surface area contributed by atoms with Gasteiger partial charge in [-0.1, -0.05) is 23.7 Å². The molecule has 0 aliphatic heterocycles. The van der Waals surface area contributed by atoms with Crippen molar-refractivity contribution >= 4 is 11.6 Å². The third-order valence-electron chi connectivity index (χ3n) is 2.65. The molecule has 0 radical (unpaired) electrons. The second kappa shape index (κ2) is 4.28. The van der Waals surface area contributed by atoms with Crippen LogP contribution in [-0.2, 0) is 7.05 Å². The van der Waals surface area contributed by atoms with Gasteiger partial charge in [-0.25, -0.2) is 4.98 Å². The molecule has 16 heavy (non-hydrogen) atoms. The minimum atomic E-state index is -0.689. The van der Waals surface area contributed by atoms with Crippen LogP contribution in [0.1, 0.15) is 22.9 Å². The summed E-state index contributed by atoms with van der Waals surface area (Å²) in [7, 11) is 1.85. The van der Waals surface area contributed by atoms with Gasteiger partial charge in [-0.15, -0.1) is 0 Å². The lowest BCUT2D eigenvalue weighted by molar-refractivity contribution is 0.211. The summed E-state index contributed by atoms with van der Waals surface area (Å²) in [5.74, 6) is 0. The van der Waals surface area contributed by atoms with E-state index in [-0.39, 0.29) is 0 Å². The van der Waals surface area contributed by atoms with E-state index in [1.807, 2.05) is 26.1 Å². The Hall–Kier alpha value is -1.32. The zero-order valence-corrected chi connectivity index (χ0v) is 9.94. The molecule has 0 spiro atoms. The summed E-state index contributed by atoms with van der Waals surface area (Å²) in [5, 5.41) is 10.8. The first-order valence-electron chi connectivity index (χ1n) is 5.00. The molecule has 0 amide bonds. The van der Waals surface area contributed by atoms with Crippen LogP contribution in [0.25, 0.3) is 0 Å². The van der Waals surface area contributed by atoms with Crippen LogP contribution in [-0.4, -0.2) is 14.7 Å². The zero-order valence-electron chi connectivity index (χ0n) is 9.18. The molecular formula is C12H13ClN2O. The number of benzene rings is 1. The number of aliphatic hydroxyl groups is 1. The number of aryl methyl sites for hydroxylation is 2. The molecule has 0 fully saturated rings. The molecular weight excluding hydrogens is 224 g/mol. The second-order valence-electron chi connectivity index (χ2n) is 3.84. The van der Waals surface area contributed by atoms with Gasteiger partial charge in [0.25, 0.3) is 0 Å². The molecule has 1 heterocycles. The van der Waals surface area contributed by atoms with Gasteiger partial charge in [-0.2, -0.15) is 0 Å². The van der Waals surface area contributed by atoms with E-state index >= 15 is 0 Å². The number of imidazole rings is 1. The Morgan fingerprint density at radius 1 is 1.44 bits per heavy atom. The first kappa shape index (κ1) is 11.2. The fraction of sp³-hybridized carbons (Fsp3) is 0.250. The quantitative estimate of drug-likeness (QED) is 0.870. The number of aliphatic hydroxyl groups excluding tert-OH is 1. The van der Waals surface area contributed by atoms with Crippen molar-refractivity contribution in [1.29, 1.82) is 0 Å². The number of aromatic nitrogens is 2. The van der Waals surface area contributed by atoms with Gasteiger partial charge >= 0.3 is 0 Å². The minimum Gasteiger partial charge on any atom is -0.382 e. The number of halogens is 1. The topological polar surface area (TPSA) is 38.1 Å². The highest BCUT2D eigenvalue weighted by molar-refractivity contribution is 6.31. The van der Waals surface area contributed by atoms with Gasteiger partial charge in [0, 0.05) is 12.1 Å². The Labute approximate surface area is 99.3 Å². The van der Waals surface area contributed by atoms with Gasteiger partial charge in [0.15, 0.2) is 0 Å². The highest BCUT2D eigenvalue weighted by atomic mass is 35.5. The third kappa shape index (κ3) is 1.96. The van der Waals surface area contributed by atoms with Crippen molar-refractivity contribution in [2.45, 2.75) is 13.0 Å². The molecule has 1 unspecified atom stereocenters. The van der Waals surface area contributed by atoms with Crippen molar-refractivity contribution < 1.29 is 5.11 Å². The predicted molar refractivity (Wildman–Crippen MR) is 63.5 cm³/mol. The lowest BCUT2D eigenvalue weighted by Gasteiger charge is -2.12. The summed E-state index contributed by atoms with van der Waals surface area (Å²) in [6.45, 7) is 1.93. The van der Waals surface area contributed by atoms with Crippen molar-refractivity contribution in [2.75, 3.05) is 0 Å². The monoisotopic (exact) mass is 236 g/mol. The number of hydrogen-bond acceptors (Lipinski definition) is 2. The van der Waals surface area contributed by atoms with Crippen LogP contribution >= 0.6 is 11.6 Å². The maximum absolute atomic E-state index is 10.2. The van der Waals surface area contributed by atoms with Gasteiger partial charge in [0.2, 0.25) is 0 Å². The molecule has 4 heteroatoms. The van der Waals surface area contributed by atoms with Gasteiger partial charge in [0.05, 0.1) is 18.2 Å². The van der Waals surface area contributed by atoms with Crippen LogP contribution in [0, 0.1) is 6.92 Å². The van der Waals surface area contributed by atoms with E-state index in [4.69, 9.17) is 11.6 Å². The Morgan fingerprint density at radius 2 is 2.19 bits per heavy atom. The lowest BCUT2D eigenvalue weighted by Crippen LogP contribution is -2.05. The average Bonchev–Trinajstić information content (AvgIpc) is 2.67. The molecule has 1 aromatic heterocycles. The van der Waals surface area contributed by atoms with Crippen LogP contribution < -0.4 is 0 Å². The summed E-state index contributed by atoms with van der Waals surface area (Å²) >= 11 is 6.03. The molecule has 0 bridgehead atoms. The Bertz CT molecular complexity index is 507. The molecule has 0 aliphatic rings.